The first-order valence-electron chi connectivity index (χ1n) is 4.94. The normalized spacial score (nSPS) is 9.71. The maximum absolute atomic E-state index is 13.0. The summed E-state index contributed by atoms with van der Waals surface area (Å²) in [6.07, 6.45) is 2.66. The third-order valence-electron chi connectivity index (χ3n) is 2.25. The zero-order valence-electron chi connectivity index (χ0n) is 9.11. The van der Waals surface area contributed by atoms with Gasteiger partial charge in [-0.1, -0.05) is 0 Å². The standard InChI is InChI=1S/C12H9FN4/c1-15-12-8(5-14)2-3-11(17-12)9-4-10(13)7-16-6-9/h2-4,6-7H,1H3,(H,15,17). The van der Waals surface area contributed by atoms with Crippen LogP contribution >= 0.6 is 0 Å². The smallest absolute Gasteiger partial charge is 0.144 e. The van der Waals surface area contributed by atoms with Crippen LogP contribution in [0.4, 0.5) is 10.2 Å². The number of aromatic nitrogens is 2. The van der Waals surface area contributed by atoms with Crippen LogP contribution in [-0.2, 0) is 0 Å². The molecule has 1 N–H and O–H groups in total. The summed E-state index contributed by atoms with van der Waals surface area (Å²) in [7, 11) is 1.68. The molecular formula is C12H9FN4. The molecule has 0 amide bonds. The van der Waals surface area contributed by atoms with Gasteiger partial charge in [0.1, 0.15) is 17.7 Å². The van der Waals surface area contributed by atoms with Crippen LogP contribution in [0.2, 0.25) is 0 Å². The van der Waals surface area contributed by atoms with Crippen LogP contribution in [0.5, 0.6) is 0 Å². The van der Waals surface area contributed by atoms with Gasteiger partial charge in [0.15, 0.2) is 0 Å². The van der Waals surface area contributed by atoms with Crippen LogP contribution < -0.4 is 5.32 Å². The van der Waals surface area contributed by atoms with E-state index >= 15 is 0 Å². The van der Waals surface area contributed by atoms with Crippen molar-refractivity contribution in [3.63, 3.8) is 0 Å². The van der Waals surface area contributed by atoms with E-state index < -0.39 is 5.82 Å². The Labute approximate surface area is 97.8 Å². The van der Waals surface area contributed by atoms with E-state index in [4.69, 9.17) is 5.26 Å². The van der Waals surface area contributed by atoms with Gasteiger partial charge in [0.05, 0.1) is 17.5 Å². The minimum Gasteiger partial charge on any atom is -0.372 e. The van der Waals surface area contributed by atoms with Gasteiger partial charge in [0.25, 0.3) is 0 Å². The second kappa shape index (κ2) is 4.58. The fourth-order valence-electron chi connectivity index (χ4n) is 1.45. The van der Waals surface area contributed by atoms with Crippen molar-refractivity contribution in [2.24, 2.45) is 0 Å². The zero-order valence-corrected chi connectivity index (χ0v) is 9.11. The van der Waals surface area contributed by atoms with Crippen LogP contribution in [0, 0.1) is 17.1 Å². The van der Waals surface area contributed by atoms with Gasteiger partial charge in [-0.3, -0.25) is 4.98 Å². The molecule has 0 unspecified atom stereocenters. The Bertz CT molecular complexity index is 589. The summed E-state index contributed by atoms with van der Waals surface area (Å²) >= 11 is 0. The van der Waals surface area contributed by atoms with Crippen LogP contribution in [0.1, 0.15) is 5.56 Å². The number of nitrogens with zero attached hydrogens (tertiary/aromatic N) is 3. The first-order valence-corrected chi connectivity index (χ1v) is 4.94. The molecule has 2 aromatic rings. The topological polar surface area (TPSA) is 61.6 Å². The lowest BCUT2D eigenvalue weighted by Crippen LogP contribution is -1.97. The van der Waals surface area contributed by atoms with E-state index in [1.807, 2.05) is 6.07 Å². The molecule has 0 aliphatic heterocycles. The minimum absolute atomic E-state index is 0.417. The predicted octanol–water partition coefficient (Wildman–Crippen LogP) is 2.20. The maximum atomic E-state index is 13.0. The lowest BCUT2D eigenvalue weighted by Gasteiger charge is -2.05. The summed E-state index contributed by atoms with van der Waals surface area (Å²) in [5.41, 5.74) is 1.59. The Balaban J connectivity index is 2.51. The number of rotatable bonds is 2. The Morgan fingerprint density at radius 3 is 2.82 bits per heavy atom. The van der Waals surface area contributed by atoms with Crippen molar-refractivity contribution in [1.82, 2.24) is 9.97 Å². The lowest BCUT2D eigenvalue weighted by atomic mass is 10.1. The summed E-state index contributed by atoms with van der Waals surface area (Å²) in [6.45, 7) is 0. The number of hydrogen-bond donors (Lipinski definition) is 1. The van der Waals surface area contributed by atoms with E-state index in [1.165, 1.54) is 12.3 Å². The van der Waals surface area contributed by atoms with E-state index in [9.17, 15) is 4.39 Å². The van der Waals surface area contributed by atoms with Gasteiger partial charge in [-0.25, -0.2) is 9.37 Å². The lowest BCUT2D eigenvalue weighted by molar-refractivity contribution is 0.622. The van der Waals surface area contributed by atoms with Gasteiger partial charge in [-0.15, -0.1) is 0 Å². The minimum atomic E-state index is -0.417. The highest BCUT2D eigenvalue weighted by Crippen LogP contribution is 2.21. The molecule has 0 aromatic carbocycles. The molecule has 4 nitrogen and oxygen atoms in total. The number of nitrogens with one attached hydrogen (secondary N) is 1. The summed E-state index contributed by atoms with van der Waals surface area (Å²) in [5, 5.41) is 11.7. The Hall–Kier alpha value is -2.48. The molecule has 0 atom stereocenters. The molecule has 84 valence electrons. The van der Waals surface area contributed by atoms with Crippen molar-refractivity contribution in [1.29, 1.82) is 5.26 Å². The highest BCUT2D eigenvalue weighted by atomic mass is 19.1. The van der Waals surface area contributed by atoms with Gasteiger partial charge >= 0.3 is 0 Å². The Morgan fingerprint density at radius 2 is 2.18 bits per heavy atom. The van der Waals surface area contributed by atoms with Crippen molar-refractivity contribution < 1.29 is 4.39 Å². The molecule has 0 radical (unpaired) electrons. The van der Waals surface area contributed by atoms with E-state index in [2.05, 4.69) is 15.3 Å². The average Bonchev–Trinajstić information content (AvgIpc) is 2.38. The van der Waals surface area contributed by atoms with Gasteiger partial charge in [-0.2, -0.15) is 5.26 Å². The number of nitriles is 1. The molecule has 0 fully saturated rings. The first-order chi connectivity index (χ1) is 8.24. The molecule has 0 aliphatic carbocycles. The maximum Gasteiger partial charge on any atom is 0.144 e. The van der Waals surface area contributed by atoms with Crippen molar-refractivity contribution in [3.8, 4) is 17.3 Å². The van der Waals surface area contributed by atoms with Gasteiger partial charge in [-0.05, 0) is 18.2 Å². The fraction of sp³-hybridized carbons (Fsp3) is 0.0833. The van der Waals surface area contributed by atoms with Crippen LogP contribution in [0.3, 0.4) is 0 Å². The molecule has 0 saturated carbocycles. The Kier molecular flexibility index (Phi) is 2.97. The molecule has 5 heteroatoms. The van der Waals surface area contributed by atoms with Crippen molar-refractivity contribution >= 4 is 5.82 Å². The SMILES string of the molecule is CNc1nc(-c2cncc(F)c2)ccc1C#N. The summed E-state index contributed by atoms with van der Waals surface area (Å²) in [5.74, 6) is 0.0499. The Morgan fingerprint density at radius 1 is 1.35 bits per heavy atom. The summed E-state index contributed by atoms with van der Waals surface area (Å²) in [4.78, 5) is 7.99. The molecule has 2 rings (SSSR count). The highest BCUT2D eigenvalue weighted by molar-refractivity contribution is 5.63. The van der Waals surface area contributed by atoms with Crippen molar-refractivity contribution in [2.45, 2.75) is 0 Å². The second-order valence-electron chi connectivity index (χ2n) is 3.35. The van der Waals surface area contributed by atoms with E-state index in [0.717, 1.165) is 6.20 Å². The number of pyridine rings is 2. The zero-order chi connectivity index (χ0) is 12.3. The molecular weight excluding hydrogens is 219 g/mol. The van der Waals surface area contributed by atoms with Crippen LogP contribution in [-0.4, -0.2) is 17.0 Å². The number of anilines is 1. The van der Waals surface area contributed by atoms with E-state index in [0.29, 0.717) is 22.6 Å². The fourth-order valence-corrected chi connectivity index (χ4v) is 1.45. The van der Waals surface area contributed by atoms with Gasteiger partial charge in [0.2, 0.25) is 0 Å². The van der Waals surface area contributed by atoms with E-state index in [1.54, 1.807) is 19.2 Å². The molecule has 2 aromatic heterocycles. The largest absolute Gasteiger partial charge is 0.372 e. The predicted molar refractivity (Wildman–Crippen MR) is 61.7 cm³/mol. The number of hydrogen-bond acceptors (Lipinski definition) is 4. The van der Waals surface area contributed by atoms with Gasteiger partial charge < -0.3 is 5.32 Å². The molecule has 0 spiro atoms. The second-order valence-corrected chi connectivity index (χ2v) is 3.35. The number of halogens is 1. The van der Waals surface area contributed by atoms with Crippen LogP contribution in [0.25, 0.3) is 11.3 Å². The van der Waals surface area contributed by atoms with Crippen LogP contribution in [0.15, 0.2) is 30.6 Å². The average molecular weight is 228 g/mol. The van der Waals surface area contributed by atoms with Gasteiger partial charge in [0, 0.05) is 18.8 Å². The van der Waals surface area contributed by atoms with Crippen molar-refractivity contribution in [3.05, 3.63) is 42.0 Å². The monoisotopic (exact) mass is 228 g/mol. The summed E-state index contributed by atoms with van der Waals surface area (Å²) in [6, 6.07) is 6.67. The molecule has 17 heavy (non-hydrogen) atoms. The third-order valence-corrected chi connectivity index (χ3v) is 2.25. The molecule has 0 bridgehead atoms. The van der Waals surface area contributed by atoms with Crippen molar-refractivity contribution in [2.75, 3.05) is 12.4 Å². The van der Waals surface area contributed by atoms with E-state index in [-0.39, 0.29) is 0 Å². The summed E-state index contributed by atoms with van der Waals surface area (Å²) < 4.78 is 13.0. The quantitative estimate of drug-likeness (QED) is 0.855. The molecule has 0 aliphatic rings. The third kappa shape index (κ3) is 2.21. The molecule has 2 heterocycles. The highest BCUT2D eigenvalue weighted by Gasteiger charge is 2.06. The molecule has 0 saturated heterocycles. The first kappa shape index (κ1) is 11.0.